The Labute approximate surface area is 123 Å². The SMILES string of the molecule is CC(C)N=C1SC2CCCCCCCC2N1C(C)C. The number of hydrogen-bond acceptors (Lipinski definition) is 2. The maximum absolute atomic E-state index is 4.89. The highest BCUT2D eigenvalue weighted by Crippen LogP contribution is 2.39. The standard InChI is InChI=1S/C16H30N2S/c1-12(2)17-16-18(13(3)4)14-10-8-6-5-7-9-11-15(14)19-16/h12-15H,5-11H2,1-4H3. The second-order valence-electron chi connectivity index (χ2n) is 6.58. The first kappa shape index (κ1) is 15.2. The number of amidine groups is 1. The molecular formula is C16H30N2S. The van der Waals surface area contributed by atoms with Crippen molar-refractivity contribution in [2.24, 2.45) is 4.99 Å². The van der Waals surface area contributed by atoms with Crippen LogP contribution in [-0.2, 0) is 0 Å². The van der Waals surface area contributed by atoms with E-state index in [9.17, 15) is 0 Å². The lowest BCUT2D eigenvalue weighted by Gasteiger charge is -2.32. The molecule has 19 heavy (non-hydrogen) atoms. The van der Waals surface area contributed by atoms with Gasteiger partial charge >= 0.3 is 0 Å². The van der Waals surface area contributed by atoms with Crippen molar-refractivity contribution in [2.45, 2.75) is 96.0 Å². The fraction of sp³-hybridized carbons (Fsp3) is 0.938. The van der Waals surface area contributed by atoms with E-state index in [2.05, 4.69) is 44.4 Å². The van der Waals surface area contributed by atoms with Crippen LogP contribution in [0.25, 0.3) is 0 Å². The lowest BCUT2D eigenvalue weighted by molar-refractivity contribution is 0.250. The van der Waals surface area contributed by atoms with E-state index in [1.54, 1.807) is 0 Å². The molecule has 1 saturated heterocycles. The molecule has 1 aliphatic heterocycles. The third-order valence-corrected chi connectivity index (χ3v) is 5.56. The predicted molar refractivity (Wildman–Crippen MR) is 87.0 cm³/mol. The van der Waals surface area contributed by atoms with Gasteiger partial charge in [0.05, 0.1) is 0 Å². The highest BCUT2D eigenvalue weighted by atomic mass is 32.2. The first-order chi connectivity index (χ1) is 9.09. The van der Waals surface area contributed by atoms with Gasteiger partial charge < -0.3 is 4.90 Å². The normalized spacial score (nSPS) is 31.5. The molecule has 2 nitrogen and oxygen atoms in total. The zero-order chi connectivity index (χ0) is 13.8. The van der Waals surface area contributed by atoms with E-state index < -0.39 is 0 Å². The lowest BCUT2D eigenvalue weighted by atomic mass is 10.0. The smallest absolute Gasteiger partial charge is 0.160 e. The van der Waals surface area contributed by atoms with Crippen LogP contribution in [0.15, 0.2) is 4.99 Å². The monoisotopic (exact) mass is 282 g/mol. The topological polar surface area (TPSA) is 15.6 Å². The predicted octanol–water partition coefficient (Wildman–Crippen LogP) is 4.69. The second kappa shape index (κ2) is 7.01. The first-order valence-corrected chi connectivity index (χ1v) is 9.00. The molecule has 0 bridgehead atoms. The summed E-state index contributed by atoms with van der Waals surface area (Å²) >= 11 is 2.07. The highest BCUT2D eigenvalue weighted by Gasteiger charge is 2.39. The van der Waals surface area contributed by atoms with Crippen molar-refractivity contribution in [3.05, 3.63) is 0 Å². The van der Waals surface area contributed by atoms with E-state index in [4.69, 9.17) is 4.99 Å². The van der Waals surface area contributed by atoms with Gasteiger partial charge in [-0.2, -0.15) is 0 Å². The van der Waals surface area contributed by atoms with Gasteiger partial charge in [-0.25, -0.2) is 0 Å². The molecule has 0 aromatic heterocycles. The summed E-state index contributed by atoms with van der Waals surface area (Å²) in [5, 5.41) is 2.11. The van der Waals surface area contributed by atoms with Gasteiger partial charge in [0, 0.05) is 23.4 Å². The Morgan fingerprint density at radius 2 is 1.63 bits per heavy atom. The maximum atomic E-state index is 4.89. The largest absolute Gasteiger partial charge is 0.345 e. The van der Waals surface area contributed by atoms with Gasteiger partial charge in [-0.05, 0) is 40.5 Å². The molecule has 2 atom stereocenters. The van der Waals surface area contributed by atoms with Crippen LogP contribution >= 0.6 is 11.8 Å². The van der Waals surface area contributed by atoms with Crippen molar-refractivity contribution in [3.8, 4) is 0 Å². The van der Waals surface area contributed by atoms with Crippen molar-refractivity contribution in [1.29, 1.82) is 0 Å². The third-order valence-electron chi connectivity index (χ3n) is 4.18. The van der Waals surface area contributed by atoms with Crippen LogP contribution < -0.4 is 0 Å². The fourth-order valence-corrected chi connectivity index (χ4v) is 5.04. The van der Waals surface area contributed by atoms with Crippen molar-refractivity contribution in [2.75, 3.05) is 0 Å². The first-order valence-electron chi connectivity index (χ1n) is 8.12. The summed E-state index contributed by atoms with van der Waals surface area (Å²) in [6, 6.07) is 1.73. The number of nitrogens with zero attached hydrogens (tertiary/aromatic N) is 2. The van der Waals surface area contributed by atoms with Crippen LogP contribution in [0.1, 0.15) is 72.6 Å². The van der Waals surface area contributed by atoms with Gasteiger partial charge in [0.15, 0.2) is 5.17 Å². The maximum Gasteiger partial charge on any atom is 0.160 e. The Hall–Kier alpha value is -0.180. The van der Waals surface area contributed by atoms with Gasteiger partial charge in [0.25, 0.3) is 0 Å². The van der Waals surface area contributed by atoms with Crippen molar-refractivity contribution in [1.82, 2.24) is 4.90 Å². The van der Waals surface area contributed by atoms with E-state index in [1.807, 2.05) is 0 Å². The van der Waals surface area contributed by atoms with E-state index in [1.165, 1.54) is 50.1 Å². The molecule has 0 aromatic carbocycles. The van der Waals surface area contributed by atoms with E-state index >= 15 is 0 Å². The Bertz CT molecular complexity index is 312. The van der Waals surface area contributed by atoms with Crippen molar-refractivity contribution in [3.63, 3.8) is 0 Å². The highest BCUT2D eigenvalue weighted by molar-refractivity contribution is 8.14. The van der Waals surface area contributed by atoms with Crippen LogP contribution in [-0.4, -0.2) is 33.4 Å². The van der Waals surface area contributed by atoms with Gasteiger partial charge in [0.2, 0.25) is 0 Å². The molecule has 110 valence electrons. The molecule has 2 unspecified atom stereocenters. The number of thioether (sulfide) groups is 1. The zero-order valence-electron chi connectivity index (χ0n) is 13.1. The minimum absolute atomic E-state index is 0.413. The molecule has 0 spiro atoms. The molecule has 0 radical (unpaired) electrons. The van der Waals surface area contributed by atoms with E-state index in [0.717, 1.165) is 11.3 Å². The molecule has 1 heterocycles. The van der Waals surface area contributed by atoms with Crippen molar-refractivity contribution >= 4 is 16.9 Å². The summed E-state index contributed by atoms with van der Waals surface area (Å²) in [7, 11) is 0. The lowest BCUT2D eigenvalue weighted by Crippen LogP contribution is -2.41. The van der Waals surface area contributed by atoms with Gasteiger partial charge in [-0.1, -0.05) is 43.9 Å². The summed E-state index contributed by atoms with van der Waals surface area (Å²) in [5.74, 6) is 0. The van der Waals surface area contributed by atoms with Gasteiger partial charge in [-0.15, -0.1) is 0 Å². The van der Waals surface area contributed by atoms with Crippen LogP contribution in [0.2, 0.25) is 0 Å². The zero-order valence-corrected chi connectivity index (χ0v) is 13.9. The molecule has 0 aromatic rings. The van der Waals surface area contributed by atoms with Crippen LogP contribution in [0, 0.1) is 0 Å². The Morgan fingerprint density at radius 1 is 1.00 bits per heavy atom. The second-order valence-corrected chi connectivity index (χ2v) is 7.78. The molecule has 0 amide bonds. The minimum atomic E-state index is 0.413. The number of aliphatic imine (C=N–C) groups is 1. The number of fused-ring (bicyclic) bond motifs is 1. The quantitative estimate of drug-likeness (QED) is 0.730. The molecule has 1 saturated carbocycles. The summed E-state index contributed by atoms with van der Waals surface area (Å²) in [4.78, 5) is 7.52. The average Bonchev–Trinajstić information content (AvgIpc) is 2.67. The van der Waals surface area contributed by atoms with Gasteiger partial charge in [-0.3, -0.25) is 4.99 Å². The summed E-state index contributed by atoms with van der Waals surface area (Å²) in [6.07, 6.45) is 9.87. The molecule has 2 fully saturated rings. The van der Waals surface area contributed by atoms with E-state index in [0.29, 0.717) is 12.1 Å². The third kappa shape index (κ3) is 3.90. The van der Waals surface area contributed by atoms with Crippen molar-refractivity contribution < 1.29 is 0 Å². The molecular weight excluding hydrogens is 252 g/mol. The minimum Gasteiger partial charge on any atom is -0.345 e. The fourth-order valence-electron chi connectivity index (χ4n) is 3.32. The molecule has 1 aliphatic carbocycles. The van der Waals surface area contributed by atoms with Crippen LogP contribution in [0.5, 0.6) is 0 Å². The molecule has 3 heteroatoms. The van der Waals surface area contributed by atoms with E-state index in [-0.39, 0.29) is 0 Å². The van der Waals surface area contributed by atoms with Crippen LogP contribution in [0.3, 0.4) is 0 Å². The Morgan fingerprint density at radius 3 is 2.26 bits per heavy atom. The Balaban J connectivity index is 2.17. The number of rotatable bonds is 2. The number of hydrogen-bond donors (Lipinski definition) is 0. The molecule has 0 N–H and O–H groups in total. The van der Waals surface area contributed by atoms with Gasteiger partial charge in [0.1, 0.15) is 0 Å². The Kier molecular flexibility index (Phi) is 5.61. The summed E-state index contributed by atoms with van der Waals surface area (Å²) < 4.78 is 0. The average molecular weight is 282 g/mol. The van der Waals surface area contributed by atoms with Crippen LogP contribution in [0.4, 0.5) is 0 Å². The molecule has 2 rings (SSSR count). The summed E-state index contributed by atoms with van der Waals surface area (Å²) in [6.45, 7) is 9.03. The summed E-state index contributed by atoms with van der Waals surface area (Å²) in [5.41, 5.74) is 0. The molecule has 2 aliphatic rings.